The molecule has 24 N–H and O–H groups in total. The zero-order valence-electron chi connectivity index (χ0n) is 35.6. The fourth-order valence-electron chi connectivity index (χ4n) is 5.92. The highest BCUT2D eigenvalue weighted by Crippen LogP contribution is 2.32. The molecule has 0 aliphatic heterocycles. The number of aliphatic hydroxyl groups is 1. The topological polar surface area (TPSA) is 542 Å². The van der Waals surface area contributed by atoms with Gasteiger partial charge in [-0.3, -0.25) is 60.5 Å². The summed E-state index contributed by atoms with van der Waals surface area (Å²) < 4.78 is 4.78. The number of hydrogen-bond acceptors (Lipinski definition) is 17. The number of carbonyl (C=O) groups is 6. The van der Waals surface area contributed by atoms with Gasteiger partial charge in [-0.05, 0) is 27.5 Å². The molecule has 4 rings (SSSR count). The third-order valence-corrected chi connectivity index (χ3v) is 8.92. The zero-order chi connectivity index (χ0) is 50.9. The summed E-state index contributed by atoms with van der Waals surface area (Å²) in [5, 5.41) is 80.3. The van der Waals surface area contributed by atoms with E-state index in [0.29, 0.717) is 0 Å². The van der Waals surface area contributed by atoms with Gasteiger partial charge in [0.05, 0.1) is 10.6 Å². The maximum atomic E-state index is 14.2. The predicted molar refractivity (Wildman–Crippen MR) is 242 cm³/mol. The molecule has 0 saturated carbocycles. The number of carbonyl (C=O) groups excluding carboxylic acids is 6. The molecule has 0 aliphatic rings. The lowest BCUT2D eigenvalue weighted by atomic mass is 10.1. The number of rotatable bonds is 22. The van der Waals surface area contributed by atoms with Crippen LogP contribution in [0.3, 0.4) is 0 Å². The van der Waals surface area contributed by atoms with Crippen LogP contribution in [0, 0.1) is 31.8 Å². The van der Waals surface area contributed by atoms with Gasteiger partial charge in [0, 0.05) is 12.6 Å². The van der Waals surface area contributed by atoms with Crippen molar-refractivity contribution in [1.82, 2.24) is 58.2 Å². The molecule has 32 nitrogen and oxygen atoms in total. The van der Waals surface area contributed by atoms with Gasteiger partial charge in [-0.25, -0.2) is 4.63 Å². The number of fused-ring (bicyclic) bond motifs is 1. The van der Waals surface area contributed by atoms with Gasteiger partial charge in [0.2, 0.25) is 17.7 Å². The number of guanidine groups is 4. The number of nitrogens with two attached hydrogens (primary N) is 5. The number of amides is 6. The van der Waals surface area contributed by atoms with Crippen LogP contribution in [0.25, 0.3) is 17.1 Å². The van der Waals surface area contributed by atoms with E-state index in [4.69, 9.17) is 54.9 Å². The number of anilines is 1. The minimum Gasteiger partial charge on any atom is -0.370 e. The van der Waals surface area contributed by atoms with Gasteiger partial charge in [-0.2, -0.15) is 0 Å². The minimum atomic E-state index is -2.19. The molecule has 32 heteroatoms. The average Bonchev–Trinajstić information content (AvgIpc) is 3.78. The molecule has 1 heterocycles. The predicted octanol–water partition coefficient (Wildman–Crippen LogP) is -5.99. The maximum Gasteiger partial charge on any atom is 0.300 e. The van der Waals surface area contributed by atoms with Crippen molar-refractivity contribution in [3.63, 3.8) is 0 Å². The number of aliphatic hydroxyl groups excluding tert-OH is 1. The van der Waals surface area contributed by atoms with Crippen molar-refractivity contribution in [2.75, 3.05) is 11.4 Å². The van der Waals surface area contributed by atoms with Gasteiger partial charge < -0.3 is 86.5 Å². The molecule has 364 valence electrons. The summed E-state index contributed by atoms with van der Waals surface area (Å²) in [7, 11) is 0. The standard InChI is InChI=1S/C37H46N22O10/c38-23(60)24(52-34(39)40)48-29(62)26(54-36(43)44)50-31(64)27(55-37(45)46)51-30(63)25(53-35(41)42)49-28(61)20(17-11-5-2-6-12-17)47-32(65)33(66)58(15-7-10-16-8-3-1-4-9-16)18-13-14-19(59(67)68)22-21(18)56-69-57-22/h1-14,20,24-27,33,66H,15H2,(H2,38,60)(H,47,65)(H,48,62)(H,49,61)(H,50,64)(H,51,63)(H4,39,40,52)(H4,41,42,53)(H4,43,44,54)(H4,45,46,55)/b10-7-. The first-order valence-corrected chi connectivity index (χ1v) is 19.5. The molecule has 1 aromatic heterocycles. The Labute approximate surface area is 387 Å². The Kier molecular flexibility index (Phi) is 17.7. The molecule has 0 spiro atoms. The summed E-state index contributed by atoms with van der Waals surface area (Å²) in [5.74, 6) is -11.3. The molecule has 0 saturated heterocycles. The number of primary amides is 1. The van der Waals surface area contributed by atoms with Crippen LogP contribution in [0.4, 0.5) is 11.4 Å². The van der Waals surface area contributed by atoms with Crippen molar-refractivity contribution >= 4 is 87.8 Å². The second-order valence-corrected chi connectivity index (χ2v) is 13.9. The van der Waals surface area contributed by atoms with Crippen LogP contribution in [0.1, 0.15) is 17.2 Å². The van der Waals surface area contributed by atoms with Crippen molar-refractivity contribution in [2.45, 2.75) is 36.9 Å². The number of nitrogens with one attached hydrogen (secondary N) is 13. The van der Waals surface area contributed by atoms with Crippen LogP contribution in [-0.2, 0) is 28.8 Å². The molecule has 0 radical (unpaired) electrons. The zero-order valence-corrected chi connectivity index (χ0v) is 35.6. The normalized spacial score (nSPS) is 13.3. The van der Waals surface area contributed by atoms with E-state index in [2.05, 4.69) is 42.2 Å². The molecule has 0 bridgehead atoms. The molecule has 6 amide bonds. The molecule has 69 heavy (non-hydrogen) atoms. The Balaban J connectivity index is 1.63. The number of nitrogens with zero attached hydrogens (tertiary/aromatic N) is 4. The molecule has 6 unspecified atom stereocenters. The van der Waals surface area contributed by atoms with Gasteiger partial charge in [0.25, 0.3) is 29.5 Å². The highest BCUT2D eigenvalue weighted by molar-refractivity contribution is 6.00. The third kappa shape index (κ3) is 14.7. The second kappa shape index (κ2) is 23.7. The van der Waals surface area contributed by atoms with Gasteiger partial charge in [0.15, 0.2) is 54.0 Å². The third-order valence-electron chi connectivity index (χ3n) is 8.92. The summed E-state index contributed by atoms with van der Waals surface area (Å²) >= 11 is 0. The van der Waals surface area contributed by atoms with E-state index < -0.39 is 107 Å². The Morgan fingerprint density at radius 2 is 1.07 bits per heavy atom. The summed E-state index contributed by atoms with van der Waals surface area (Å²) in [6.45, 7) is -0.250. The van der Waals surface area contributed by atoms with Crippen molar-refractivity contribution in [2.24, 2.45) is 28.7 Å². The largest absolute Gasteiger partial charge is 0.370 e. The number of hydrogen-bond donors (Lipinski definition) is 19. The number of non-ortho nitro benzene ring substituents is 1. The lowest BCUT2D eigenvalue weighted by Crippen LogP contribution is -2.68. The number of benzene rings is 3. The summed E-state index contributed by atoms with van der Waals surface area (Å²) in [6, 6.07) is 16.7. The molecular weight excluding hydrogens is 913 g/mol. The van der Waals surface area contributed by atoms with Crippen molar-refractivity contribution < 1.29 is 43.4 Å². The van der Waals surface area contributed by atoms with E-state index in [9.17, 15) is 44.0 Å². The fraction of sp³-hybridized carbons (Fsp3) is 0.189. The highest BCUT2D eigenvalue weighted by Gasteiger charge is 2.36. The first-order valence-electron chi connectivity index (χ1n) is 19.5. The average molecular weight is 959 g/mol. The first-order chi connectivity index (χ1) is 32.7. The van der Waals surface area contributed by atoms with Crippen LogP contribution in [0.15, 0.2) is 83.5 Å². The first kappa shape index (κ1) is 51.5. The van der Waals surface area contributed by atoms with Crippen LogP contribution < -0.4 is 81.4 Å². The highest BCUT2D eigenvalue weighted by atomic mass is 16.6. The maximum absolute atomic E-state index is 14.2. The van der Waals surface area contributed by atoms with E-state index in [1.807, 2.05) is 16.0 Å². The van der Waals surface area contributed by atoms with E-state index >= 15 is 0 Å². The van der Waals surface area contributed by atoms with E-state index in [1.165, 1.54) is 30.3 Å². The molecule has 0 fully saturated rings. The van der Waals surface area contributed by atoms with E-state index in [1.54, 1.807) is 48.6 Å². The summed E-state index contributed by atoms with van der Waals surface area (Å²) in [5.41, 5.74) is 26.5. The molecule has 0 aliphatic carbocycles. The lowest BCUT2D eigenvalue weighted by molar-refractivity contribution is -0.383. The Morgan fingerprint density at radius 1 is 0.623 bits per heavy atom. The van der Waals surface area contributed by atoms with E-state index in [0.717, 1.165) is 16.5 Å². The lowest BCUT2D eigenvalue weighted by Gasteiger charge is -2.30. The molecule has 4 aromatic rings. The Morgan fingerprint density at radius 3 is 1.55 bits per heavy atom. The fourth-order valence-corrected chi connectivity index (χ4v) is 5.92. The number of aromatic nitrogens is 2. The van der Waals surface area contributed by atoms with Crippen LogP contribution in [-0.4, -0.2) is 117 Å². The van der Waals surface area contributed by atoms with Crippen LogP contribution in [0.5, 0.6) is 0 Å². The summed E-state index contributed by atoms with van der Waals surface area (Å²) in [4.78, 5) is 92.6. The van der Waals surface area contributed by atoms with Crippen molar-refractivity contribution in [3.05, 3.63) is 100 Å². The monoisotopic (exact) mass is 958 g/mol. The quantitative estimate of drug-likeness (QED) is 0.0115. The second-order valence-electron chi connectivity index (χ2n) is 13.9. The van der Waals surface area contributed by atoms with Gasteiger partial charge in [-0.15, -0.1) is 0 Å². The summed E-state index contributed by atoms with van der Waals surface area (Å²) in [6.07, 6.45) is -7.04. The van der Waals surface area contributed by atoms with Crippen molar-refractivity contribution in [3.8, 4) is 0 Å². The Bertz CT molecular complexity index is 2630. The number of nitro benzene ring substituents is 1. The Hall–Kier alpha value is -10.1. The van der Waals surface area contributed by atoms with Gasteiger partial charge in [-0.1, -0.05) is 72.8 Å². The van der Waals surface area contributed by atoms with Crippen molar-refractivity contribution in [1.29, 1.82) is 21.6 Å². The SMILES string of the molecule is N=C(N)NC(NC(=O)C(NC(=N)N)NC(=O)C(NC(=N)N)NC(=O)C(NC(=N)N)NC(=O)C(NC(=O)C(O)N(C/C=C\c1ccccc1)c1ccc([N+](=O)[O-])c2nonc12)c1ccccc1)C(N)=O. The minimum absolute atomic E-state index is 0.0538. The smallest absolute Gasteiger partial charge is 0.300 e. The molecular formula is C37H46N22O10. The molecule has 6 atom stereocenters. The van der Waals surface area contributed by atoms with Crippen LogP contribution >= 0.6 is 0 Å². The number of nitro groups is 1. The molecule has 3 aromatic carbocycles. The van der Waals surface area contributed by atoms with Gasteiger partial charge >= 0.3 is 5.69 Å². The van der Waals surface area contributed by atoms with Crippen LogP contribution in [0.2, 0.25) is 0 Å². The van der Waals surface area contributed by atoms with Gasteiger partial charge in [0.1, 0.15) is 6.04 Å². The van der Waals surface area contributed by atoms with E-state index in [-0.39, 0.29) is 28.8 Å².